The van der Waals surface area contributed by atoms with E-state index in [2.05, 4.69) is 0 Å². The summed E-state index contributed by atoms with van der Waals surface area (Å²) in [6.45, 7) is 0. The van der Waals surface area contributed by atoms with E-state index in [0.29, 0.717) is 10.2 Å². The summed E-state index contributed by atoms with van der Waals surface area (Å²) in [6.07, 6.45) is 3.78. The standard InChI is InChI=1S/C24H19FN2O4S2/c25-15-6-2-3-7-16(15)27-23(31)21-14-5-1-4-8-20(14)33-22(21)26-24(27)32-12-19(30)13-9-10-17(28)18(29)11-13/h2-3,6-7,9-11,28-29H,1,4-5,8,12H2. The summed E-state index contributed by atoms with van der Waals surface area (Å²) in [5, 5.41) is 19.9. The Labute approximate surface area is 196 Å². The molecule has 168 valence electrons. The summed E-state index contributed by atoms with van der Waals surface area (Å²) in [7, 11) is 0. The maximum Gasteiger partial charge on any atom is 0.267 e. The van der Waals surface area contributed by atoms with Crippen molar-refractivity contribution >= 4 is 39.1 Å². The van der Waals surface area contributed by atoms with E-state index in [4.69, 9.17) is 4.98 Å². The van der Waals surface area contributed by atoms with Crippen molar-refractivity contribution in [2.24, 2.45) is 0 Å². The van der Waals surface area contributed by atoms with Crippen LogP contribution in [0.3, 0.4) is 0 Å². The number of thiophene rings is 1. The average molecular weight is 483 g/mol. The van der Waals surface area contributed by atoms with E-state index in [1.165, 1.54) is 46.2 Å². The van der Waals surface area contributed by atoms with Crippen LogP contribution in [0.15, 0.2) is 52.4 Å². The van der Waals surface area contributed by atoms with Gasteiger partial charge in [-0.2, -0.15) is 0 Å². The molecule has 0 atom stereocenters. The Morgan fingerprint density at radius 1 is 1.12 bits per heavy atom. The number of aromatic nitrogens is 2. The molecule has 6 nitrogen and oxygen atoms in total. The van der Waals surface area contributed by atoms with Crippen molar-refractivity contribution < 1.29 is 19.4 Å². The minimum atomic E-state index is -0.554. The number of aromatic hydroxyl groups is 2. The Kier molecular flexibility index (Phi) is 5.67. The Morgan fingerprint density at radius 3 is 2.70 bits per heavy atom. The first-order valence-electron chi connectivity index (χ1n) is 10.4. The number of aryl methyl sites for hydroxylation is 2. The van der Waals surface area contributed by atoms with Crippen LogP contribution in [0.25, 0.3) is 15.9 Å². The van der Waals surface area contributed by atoms with Gasteiger partial charge in [0.1, 0.15) is 10.6 Å². The van der Waals surface area contributed by atoms with Crippen LogP contribution in [-0.2, 0) is 12.8 Å². The molecule has 9 heteroatoms. The summed E-state index contributed by atoms with van der Waals surface area (Å²) in [4.78, 5) is 32.8. The number of rotatable bonds is 5. The van der Waals surface area contributed by atoms with Crippen molar-refractivity contribution in [3.8, 4) is 17.2 Å². The number of fused-ring (bicyclic) bond motifs is 3. The zero-order valence-electron chi connectivity index (χ0n) is 17.4. The Morgan fingerprint density at radius 2 is 1.91 bits per heavy atom. The molecular formula is C24H19FN2O4S2. The number of halogens is 1. The molecular weight excluding hydrogens is 463 g/mol. The second-order valence-electron chi connectivity index (χ2n) is 7.79. The summed E-state index contributed by atoms with van der Waals surface area (Å²) >= 11 is 2.53. The zero-order chi connectivity index (χ0) is 23.1. The van der Waals surface area contributed by atoms with E-state index in [0.717, 1.165) is 47.9 Å². The molecule has 4 aromatic rings. The molecule has 1 aliphatic carbocycles. The highest BCUT2D eigenvalue weighted by Gasteiger charge is 2.24. The van der Waals surface area contributed by atoms with Gasteiger partial charge in [0.25, 0.3) is 5.56 Å². The van der Waals surface area contributed by atoms with Crippen molar-refractivity contribution in [3.05, 3.63) is 74.6 Å². The molecule has 2 N–H and O–H groups in total. The van der Waals surface area contributed by atoms with Crippen molar-refractivity contribution in [2.45, 2.75) is 30.8 Å². The lowest BCUT2D eigenvalue weighted by molar-refractivity contribution is 0.102. The first kappa shape index (κ1) is 21.7. The van der Waals surface area contributed by atoms with E-state index in [1.54, 1.807) is 12.1 Å². The molecule has 0 bridgehead atoms. The predicted octanol–water partition coefficient (Wildman–Crippen LogP) is 4.85. The SMILES string of the molecule is O=C(CSc1nc2sc3c(c2c(=O)n1-c1ccccc1F)CCCC3)c1ccc(O)c(O)c1. The number of hydrogen-bond acceptors (Lipinski definition) is 7. The quantitative estimate of drug-likeness (QED) is 0.183. The molecule has 2 aromatic carbocycles. The predicted molar refractivity (Wildman–Crippen MR) is 127 cm³/mol. The van der Waals surface area contributed by atoms with Crippen LogP contribution in [0.5, 0.6) is 11.5 Å². The van der Waals surface area contributed by atoms with Crippen molar-refractivity contribution in [1.29, 1.82) is 0 Å². The number of carbonyl (C=O) groups is 1. The third kappa shape index (κ3) is 3.91. The first-order chi connectivity index (χ1) is 15.9. The van der Waals surface area contributed by atoms with Crippen LogP contribution in [0.1, 0.15) is 33.6 Å². The molecule has 0 amide bonds. The Balaban J connectivity index is 1.60. The Hall–Kier alpha value is -3.17. The first-order valence-corrected chi connectivity index (χ1v) is 12.2. The molecule has 0 saturated carbocycles. The second kappa shape index (κ2) is 8.64. The minimum Gasteiger partial charge on any atom is -0.504 e. The fourth-order valence-corrected chi connectivity index (χ4v) is 6.24. The van der Waals surface area contributed by atoms with Crippen LogP contribution in [-0.4, -0.2) is 31.3 Å². The molecule has 2 aromatic heterocycles. The van der Waals surface area contributed by atoms with Gasteiger partial charge in [-0.15, -0.1) is 11.3 Å². The van der Waals surface area contributed by atoms with Crippen LogP contribution in [0.2, 0.25) is 0 Å². The average Bonchev–Trinajstić information content (AvgIpc) is 3.19. The van der Waals surface area contributed by atoms with Crippen molar-refractivity contribution in [3.63, 3.8) is 0 Å². The zero-order valence-corrected chi connectivity index (χ0v) is 19.0. The van der Waals surface area contributed by atoms with Crippen LogP contribution in [0.4, 0.5) is 4.39 Å². The molecule has 1 aliphatic rings. The van der Waals surface area contributed by atoms with Gasteiger partial charge in [0.05, 0.1) is 16.8 Å². The van der Waals surface area contributed by atoms with Crippen LogP contribution >= 0.6 is 23.1 Å². The maximum atomic E-state index is 14.7. The van der Waals surface area contributed by atoms with Gasteiger partial charge >= 0.3 is 0 Å². The van der Waals surface area contributed by atoms with Gasteiger partial charge in [0.15, 0.2) is 22.4 Å². The third-order valence-electron chi connectivity index (χ3n) is 5.68. The number of para-hydroxylation sites is 1. The van der Waals surface area contributed by atoms with Crippen LogP contribution in [0, 0.1) is 5.82 Å². The second-order valence-corrected chi connectivity index (χ2v) is 9.82. The van der Waals surface area contributed by atoms with Gasteiger partial charge in [0, 0.05) is 10.4 Å². The largest absolute Gasteiger partial charge is 0.504 e. The number of Topliss-reactive ketones (excluding diaryl/α,β-unsaturated/α-hetero) is 1. The number of carbonyl (C=O) groups excluding carboxylic acids is 1. The normalized spacial score (nSPS) is 13.2. The highest BCUT2D eigenvalue weighted by atomic mass is 32.2. The maximum absolute atomic E-state index is 14.7. The van der Waals surface area contributed by atoms with Crippen LogP contribution < -0.4 is 5.56 Å². The number of hydrogen-bond donors (Lipinski definition) is 2. The Bertz CT molecular complexity index is 1460. The summed E-state index contributed by atoms with van der Waals surface area (Å²) in [5.74, 6) is -1.67. The fourth-order valence-electron chi connectivity index (χ4n) is 4.04. The van der Waals surface area contributed by atoms with Gasteiger partial charge in [0.2, 0.25) is 0 Å². The lowest BCUT2D eigenvalue weighted by Crippen LogP contribution is -2.23. The number of phenolic OH excluding ortho intramolecular Hbond substituents is 2. The fraction of sp³-hybridized carbons (Fsp3) is 0.208. The van der Waals surface area contributed by atoms with E-state index >= 15 is 0 Å². The topological polar surface area (TPSA) is 92.4 Å². The summed E-state index contributed by atoms with van der Waals surface area (Å²) in [6, 6.07) is 9.84. The van der Waals surface area contributed by atoms with Gasteiger partial charge in [-0.3, -0.25) is 14.2 Å². The smallest absolute Gasteiger partial charge is 0.267 e. The van der Waals surface area contributed by atoms with Gasteiger partial charge < -0.3 is 10.2 Å². The molecule has 0 unspecified atom stereocenters. The summed E-state index contributed by atoms with van der Waals surface area (Å²) < 4.78 is 16.0. The molecule has 0 spiro atoms. The van der Waals surface area contributed by atoms with Crippen molar-refractivity contribution in [2.75, 3.05) is 5.75 Å². The van der Waals surface area contributed by atoms with E-state index < -0.39 is 11.6 Å². The molecule has 0 saturated heterocycles. The molecule has 0 aliphatic heterocycles. The minimum absolute atomic E-state index is 0.0816. The van der Waals surface area contributed by atoms with E-state index in [-0.39, 0.29) is 39.3 Å². The number of ketones is 1. The number of nitrogens with zero attached hydrogens (tertiary/aromatic N) is 2. The molecule has 0 fully saturated rings. The van der Waals surface area contributed by atoms with Gasteiger partial charge in [-0.25, -0.2) is 9.37 Å². The number of thioether (sulfide) groups is 1. The highest BCUT2D eigenvalue weighted by Crippen LogP contribution is 2.35. The highest BCUT2D eigenvalue weighted by molar-refractivity contribution is 7.99. The van der Waals surface area contributed by atoms with E-state index in [1.807, 2.05) is 0 Å². The van der Waals surface area contributed by atoms with E-state index in [9.17, 15) is 24.2 Å². The van der Waals surface area contributed by atoms with Gasteiger partial charge in [-0.1, -0.05) is 23.9 Å². The monoisotopic (exact) mass is 482 g/mol. The molecule has 33 heavy (non-hydrogen) atoms. The lowest BCUT2D eigenvalue weighted by Gasteiger charge is -2.14. The van der Waals surface area contributed by atoms with Crippen molar-refractivity contribution in [1.82, 2.24) is 9.55 Å². The third-order valence-corrected chi connectivity index (χ3v) is 7.81. The summed E-state index contributed by atoms with van der Waals surface area (Å²) in [5.41, 5.74) is 0.980. The molecule has 5 rings (SSSR count). The van der Waals surface area contributed by atoms with Gasteiger partial charge in [-0.05, 0) is 61.6 Å². The number of benzene rings is 2. The lowest BCUT2D eigenvalue weighted by atomic mass is 9.97. The molecule has 2 heterocycles. The number of phenols is 2. The molecule has 0 radical (unpaired) electrons.